The number of hydrogen-bond acceptors (Lipinski definition) is 3. The van der Waals surface area contributed by atoms with Gasteiger partial charge >= 0.3 is 0 Å². The van der Waals surface area contributed by atoms with Crippen LogP contribution in [0.3, 0.4) is 0 Å². The van der Waals surface area contributed by atoms with E-state index >= 15 is 0 Å². The first-order chi connectivity index (χ1) is 10.1. The molecule has 0 aliphatic heterocycles. The third-order valence-electron chi connectivity index (χ3n) is 3.97. The second-order valence-electron chi connectivity index (χ2n) is 5.71. The minimum Gasteiger partial charge on any atom is -0.493 e. The molecule has 0 heterocycles. The fourth-order valence-electron chi connectivity index (χ4n) is 2.84. The van der Waals surface area contributed by atoms with Crippen molar-refractivity contribution < 1.29 is 9.53 Å². The standard InChI is InChI=1S/C17H26N2O2/c1-4-18-15-11-10-14-13(15)7-5-8-16(14)21-12-6-9-17(20)19(2)3/h5,7-8,15,18H,4,6,9-12H2,1-3H3. The number of rotatable bonds is 7. The maximum absolute atomic E-state index is 11.5. The molecule has 1 aliphatic rings. The summed E-state index contributed by atoms with van der Waals surface area (Å²) >= 11 is 0. The number of nitrogens with one attached hydrogen (secondary N) is 1. The summed E-state index contributed by atoms with van der Waals surface area (Å²) in [6.07, 6.45) is 3.52. The highest BCUT2D eigenvalue weighted by molar-refractivity contribution is 5.75. The van der Waals surface area contributed by atoms with Crippen LogP contribution in [0.5, 0.6) is 5.75 Å². The van der Waals surface area contributed by atoms with Gasteiger partial charge in [-0.2, -0.15) is 0 Å². The zero-order valence-electron chi connectivity index (χ0n) is 13.3. The number of amides is 1. The highest BCUT2D eigenvalue weighted by Crippen LogP contribution is 2.36. The molecular weight excluding hydrogens is 264 g/mol. The quantitative estimate of drug-likeness (QED) is 0.785. The van der Waals surface area contributed by atoms with E-state index in [9.17, 15) is 4.79 Å². The summed E-state index contributed by atoms with van der Waals surface area (Å²) in [5, 5.41) is 3.52. The second kappa shape index (κ2) is 7.46. The van der Waals surface area contributed by atoms with E-state index in [1.165, 1.54) is 11.1 Å². The monoisotopic (exact) mass is 290 g/mol. The molecule has 116 valence electrons. The Labute approximate surface area is 127 Å². The number of fused-ring (bicyclic) bond motifs is 1. The van der Waals surface area contributed by atoms with Crippen molar-refractivity contribution >= 4 is 5.91 Å². The average molecular weight is 290 g/mol. The molecule has 1 aromatic rings. The molecule has 0 spiro atoms. The van der Waals surface area contributed by atoms with Gasteiger partial charge in [0.15, 0.2) is 0 Å². The Morgan fingerprint density at radius 3 is 2.95 bits per heavy atom. The van der Waals surface area contributed by atoms with Gasteiger partial charge in [0.1, 0.15) is 5.75 Å². The molecule has 4 heteroatoms. The van der Waals surface area contributed by atoms with Gasteiger partial charge in [-0.1, -0.05) is 19.1 Å². The van der Waals surface area contributed by atoms with Crippen LogP contribution in [-0.4, -0.2) is 38.1 Å². The summed E-state index contributed by atoms with van der Waals surface area (Å²) in [6, 6.07) is 6.76. The number of carbonyl (C=O) groups excluding carboxylic acids is 1. The fourth-order valence-corrected chi connectivity index (χ4v) is 2.84. The Hall–Kier alpha value is -1.55. The van der Waals surface area contributed by atoms with E-state index in [0.29, 0.717) is 19.1 Å². The van der Waals surface area contributed by atoms with Crippen LogP contribution in [0.1, 0.15) is 43.4 Å². The highest BCUT2D eigenvalue weighted by atomic mass is 16.5. The Morgan fingerprint density at radius 1 is 1.43 bits per heavy atom. The Kier molecular flexibility index (Phi) is 5.62. The summed E-state index contributed by atoms with van der Waals surface area (Å²) in [6.45, 7) is 3.73. The molecule has 0 aromatic heterocycles. The Balaban J connectivity index is 1.89. The molecular formula is C17H26N2O2. The molecule has 0 bridgehead atoms. The molecule has 0 fully saturated rings. The largest absolute Gasteiger partial charge is 0.493 e. The van der Waals surface area contributed by atoms with Crippen LogP contribution in [0.2, 0.25) is 0 Å². The Bertz CT molecular complexity index is 486. The maximum Gasteiger partial charge on any atom is 0.222 e. The summed E-state index contributed by atoms with van der Waals surface area (Å²) in [7, 11) is 3.57. The average Bonchev–Trinajstić information content (AvgIpc) is 2.88. The minimum atomic E-state index is 0.157. The van der Waals surface area contributed by atoms with Crippen molar-refractivity contribution in [2.45, 2.75) is 38.6 Å². The van der Waals surface area contributed by atoms with E-state index in [-0.39, 0.29) is 5.91 Å². The third-order valence-corrected chi connectivity index (χ3v) is 3.97. The van der Waals surface area contributed by atoms with Crippen molar-refractivity contribution in [1.82, 2.24) is 10.2 Å². The summed E-state index contributed by atoms with van der Waals surface area (Å²) in [5.41, 5.74) is 2.71. The lowest BCUT2D eigenvalue weighted by atomic mass is 10.1. The van der Waals surface area contributed by atoms with Gasteiger partial charge in [-0.15, -0.1) is 0 Å². The van der Waals surface area contributed by atoms with Gasteiger partial charge in [0.25, 0.3) is 0 Å². The number of benzene rings is 1. The van der Waals surface area contributed by atoms with E-state index < -0.39 is 0 Å². The zero-order chi connectivity index (χ0) is 15.2. The fraction of sp³-hybridized carbons (Fsp3) is 0.588. The van der Waals surface area contributed by atoms with Crippen LogP contribution in [-0.2, 0) is 11.2 Å². The molecule has 0 radical (unpaired) electrons. The van der Waals surface area contributed by atoms with E-state index in [1.54, 1.807) is 19.0 Å². The van der Waals surface area contributed by atoms with E-state index in [4.69, 9.17) is 4.74 Å². The number of carbonyl (C=O) groups is 1. The van der Waals surface area contributed by atoms with Crippen LogP contribution in [0.25, 0.3) is 0 Å². The first-order valence-corrected chi connectivity index (χ1v) is 7.81. The molecule has 2 rings (SSSR count). The first-order valence-electron chi connectivity index (χ1n) is 7.81. The van der Waals surface area contributed by atoms with Gasteiger partial charge in [-0.05, 0) is 43.0 Å². The summed E-state index contributed by atoms with van der Waals surface area (Å²) in [5.74, 6) is 1.15. The topological polar surface area (TPSA) is 41.6 Å². The minimum absolute atomic E-state index is 0.157. The smallest absolute Gasteiger partial charge is 0.222 e. The second-order valence-corrected chi connectivity index (χ2v) is 5.71. The normalized spacial score (nSPS) is 16.6. The number of nitrogens with zero attached hydrogens (tertiary/aromatic N) is 1. The van der Waals surface area contributed by atoms with Gasteiger partial charge < -0.3 is 15.0 Å². The van der Waals surface area contributed by atoms with Crippen LogP contribution in [0.4, 0.5) is 0 Å². The molecule has 1 N–H and O–H groups in total. The van der Waals surface area contributed by atoms with Gasteiger partial charge in [0.05, 0.1) is 6.61 Å². The molecule has 1 atom stereocenters. The van der Waals surface area contributed by atoms with E-state index in [0.717, 1.165) is 31.6 Å². The number of ether oxygens (including phenoxy) is 1. The Morgan fingerprint density at radius 2 is 2.24 bits per heavy atom. The van der Waals surface area contributed by atoms with Crippen LogP contribution in [0.15, 0.2) is 18.2 Å². The van der Waals surface area contributed by atoms with Gasteiger partial charge in [-0.25, -0.2) is 0 Å². The highest BCUT2D eigenvalue weighted by Gasteiger charge is 2.24. The third kappa shape index (κ3) is 3.97. The van der Waals surface area contributed by atoms with Crippen molar-refractivity contribution in [3.05, 3.63) is 29.3 Å². The van der Waals surface area contributed by atoms with Gasteiger partial charge in [0, 0.05) is 26.6 Å². The zero-order valence-corrected chi connectivity index (χ0v) is 13.3. The molecule has 0 saturated carbocycles. The van der Waals surface area contributed by atoms with Crippen LogP contribution < -0.4 is 10.1 Å². The maximum atomic E-state index is 11.5. The molecule has 1 amide bonds. The van der Waals surface area contributed by atoms with Crippen LogP contribution in [0, 0.1) is 0 Å². The lowest BCUT2D eigenvalue weighted by Crippen LogP contribution is -2.21. The van der Waals surface area contributed by atoms with Gasteiger partial charge in [0.2, 0.25) is 5.91 Å². The summed E-state index contributed by atoms with van der Waals surface area (Å²) in [4.78, 5) is 13.1. The van der Waals surface area contributed by atoms with Crippen molar-refractivity contribution in [2.24, 2.45) is 0 Å². The molecule has 1 aliphatic carbocycles. The van der Waals surface area contributed by atoms with E-state index in [2.05, 4.69) is 24.4 Å². The van der Waals surface area contributed by atoms with Crippen molar-refractivity contribution in [3.8, 4) is 5.75 Å². The predicted octanol–water partition coefficient (Wildman–Crippen LogP) is 2.53. The lowest BCUT2D eigenvalue weighted by molar-refractivity contribution is -0.128. The predicted molar refractivity (Wildman–Crippen MR) is 84.6 cm³/mol. The molecule has 1 unspecified atom stereocenters. The van der Waals surface area contributed by atoms with Crippen LogP contribution >= 0.6 is 0 Å². The summed E-state index contributed by atoms with van der Waals surface area (Å²) < 4.78 is 5.91. The molecule has 4 nitrogen and oxygen atoms in total. The SMILES string of the molecule is CCNC1CCc2c(OCCCC(=O)N(C)C)cccc21. The van der Waals surface area contributed by atoms with E-state index in [1.807, 2.05) is 6.07 Å². The van der Waals surface area contributed by atoms with Crippen molar-refractivity contribution in [1.29, 1.82) is 0 Å². The molecule has 21 heavy (non-hydrogen) atoms. The van der Waals surface area contributed by atoms with Gasteiger partial charge in [-0.3, -0.25) is 4.79 Å². The molecule has 1 aromatic carbocycles. The number of hydrogen-bond donors (Lipinski definition) is 1. The lowest BCUT2D eigenvalue weighted by Gasteiger charge is -2.14. The molecule has 0 saturated heterocycles. The van der Waals surface area contributed by atoms with Crippen molar-refractivity contribution in [2.75, 3.05) is 27.2 Å². The van der Waals surface area contributed by atoms with Crippen molar-refractivity contribution in [3.63, 3.8) is 0 Å². The first kappa shape index (κ1) is 15.8.